The molecule has 8 heteroatoms. The largest absolute Gasteiger partial charge is 0.436 e. The summed E-state index contributed by atoms with van der Waals surface area (Å²) in [5, 5.41) is 15.2. The minimum absolute atomic E-state index is 0.0159. The number of aliphatic hydroxyl groups is 1. The molecule has 3 amide bonds. The molecule has 4 atom stereocenters. The lowest BCUT2D eigenvalue weighted by molar-refractivity contribution is -0.132. The third-order valence-corrected chi connectivity index (χ3v) is 5.89. The number of hydrogen-bond acceptors (Lipinski definition) is 5. The Kier molecular flexibility index (Phi) is 9.50. The molecule has 8 nitrogen and oxygen atoms in total. The molecule has 32 heavy (non-hydrogen) atoms. The van der Waals surface area contributed by atoms with Crippen molar-refractivity contribution in [2.75, 3.05) is 13.2 Å². The van der Waals surface area contributed by atoms with E-state index in [2.05, 4.69) is 36.6 Å². The summed E-state index contributed by atoms with van der Waals surface area (Å²) in [5.41, 5.74) is 6.44. The zero-order valence-electron chi connectivity index (χ0n) is 19.3. The number of carbonyl (C=O) groups excluding carboxylic acids is 3. The van der Waals surface area contributed by atoms with Gasteiger partial charge in [-0.15, -0.1) is 0 Å². The average molecular weight is 448 g/mol. The molecule has 1 saturated heterocycles. The molecule has 1 fully saturated rings. The standard InChI is InChI=1S/C24H37N3O5/c1-16(13-24(2,3)14-17-7-5-4-6-8-17)11-20(32-23(25)31)22(30)27-19(15-28)12-18-9-10-26-21(18)29/h4-8,16,18-20,28H,9-15H2,1-3H3,(H2,25,31)(H,26,29)(H,27,30)/t16-,18+,19+,20?/m1/s1. The zero-order valence-corrected chi connectivity index (χ0v) is 19.3. The third-order valence-electron chi connectivity index (χ3n) is 5.89. The van der Waals surface area contributed by atoms with Crippen molar-refractivity contribution in [3.8, 4) is 0 Å². The van der Waals surface area contributed by atoms with Gasteiger partial charge in [0.05, 0.1) is 12.6 Å². The Morgan fingerprint density at radius 3 is 2.56 bits per heavy atom. The summed E-state index contributed by atoms with van der Waals surface area (Å²) in [5.74, 6) is -0.747. The fraction of sp³-hybridized carbons (Fsp3) is 0.625. The van der Waals surface area contributed by atoms with Crippen LogP contribution in [-0.4, -0.2) is 48.3 Å². The van der Waals surface area contributed by atoms with Crippen LogP contribution < -0.4 is 16.4 Å². The molecule has 1 unspecified atom stereocenters. The van der Waals surface area contributed by atoms with Gasteiger partial charge in [-0.1, -0.05) is 51.1 Å². The Bertz CT molecular complexity index is 768. The summed E-state index contributed by atoms with van der Waals surface area (Å²) in [4.78, 5) is 36.1. The lowest BCUT2D eigenvalue weighted by Gasteiger charge is -2.30. The van der Waals surface area contributed by atoms with Gasteiger partial charge in [-0.2, -0.15) is 0 Å². The van der Waals surface area contributed by atoms with E-state index in [1.54, 1.807) is 0 Å². The number of hydrogen-bond donors (Lipinski definition) is 4. The fourth-order valence-corrected chi connectivity index (χ4v) is 4.65. The number of nitrogens with two attached hydrogens (primary N) is 1. The van der Waals surface area contributed by atoms with Gasteiger partial charge in [0.15, 0.2) is 6.10 Å². The number of nitrogens with one attached hydrogen (secondary N) is 2. The molecule has 5 N–H and O–H groups in total. The molecule has 1 aromatic carbocycles. The first-order valence-corrected chi connectivity index (χ1v) is 11.3. The van der Waals surface area contributed by atoms with Crippen LogP contribution in [0.4, 0.5) is 4.79 Å². The number of carbonyl (C=O) groups is 3. The van der Waals surface area contributed by atoms with Crippen molar-refractivity contribution in [1.29, 1.82) is 0 Å². The fourth-order valence-electron chi connectivity index (χ4n) is 4.65. The second-order valence-corrected chi connectivity index (χ2v) is 9.70. The van der Waals surface area contributed by atoms with Crippen LogP contribution in [-0.2, 0) is 20.7 Å². The van der Waals surface area contributed by atoms with Crippen LogP contribution in [0.25, 0.3) is 0 Å². The molecule has 1 aromatic rings. The first-order valence-electron chi connectivity index (χ1n) is 11.3. The molecule has 1 heterocycles. The maximum Gasteiger partial charge on any atom is 0.405 e. The average Bonchev–Trinajstić information content (AvgIpc) is 3.10. The highest BCUT2D eigenvalue weighted by molar-refractivity contribution is 5.84. The number of rotatable bonds is 12. The Morgan fingerprint density at radius 1 is 1.31 bits per heavy atom. The van der Waals surface area contributed by atoms with Crippen LogP contribution in [0, 0.1) is 17.3 Å². The van der Waals surface area contributed by atoms with E-state index in [0.29, 0.717) is 25.8 Å². The number of benzene rings is 1. The minimum Gasteiger partial charge on any atom is -0.436 e. The highest BCUT2D eigenvalue weighted by atomic mass is 16.6. The Hall–Kier alpha value is -2.61. The van der Waals surface area contributed by atoms with E-state index < -0.39 is 24.1 Å². The summed E-state index contributed by atoms with van der Waals surface area (Å²) >= 11 is 0. The van der Waals surface area contributed by atoms with Gasteiger partial charge in [0, 0.05) is 12.5 Å². The van der Waals surface area contributed by atoms with E-state index in [1.165, 1.54) is 5.56 Å². The molecule has 0 aliphatic carbocycles. The SMILES string of the molecule is C[C@H](CC(OC(N)=O)C(=O)N[C@H](CO)C[C@@H]1CCNC1=O)CC(C)(C)Cc1ccccc1. The van der Waals surface area contributed by atoms with Crippen molar-refractivity contribution in [2.45, 2.75) is 65.0 Å². The predicted octanol–water partition coefficient (Wildman–Crippen LogP) is 2.14. The summed E-state index contributed by atoms with van der Waals surface area (Å²) in [6.07, 6.45) is 0.950. The van der Waals surface area contributed by atoms with Crippen LogP contribution in [0.2, 0.25) is 0 Å². The number of aliphatic hydroxyl groups excluding tert-OH is 1. The maximum atomic E-state index is 12.8. The number of ether oxygens (including phenoxy) is 1. The summed E-state index contributed by atoms with van der Waals surface area (Å²) in [7, 11) is 0. The molecule has 1 aliphatic heterocycles. The molecule has 0 saturated carbocycles. The van der Waals surface area contributed by atoms with E-state index in [1.807, 2.05) is 25.1 Å². The monoisotopic (exact) mass is 447 g/mol. The molecule has 2 rings (SSSR count). The molecule has 0 spiro atoms. The number of primary amides is 1. The van der Waals surface area contributed by atoms with Gasteiger partial charge in [-0.25, -0.2) is 4.79 Å². The Labute approximate surface area is 190 Å². The highest BCUT2D eigenvalue weighted by Crippen LogP contribution is 2.32. The minimum atomic E-state index is -1.05. The normalized spacial score (nSPS) is 19.0. The first-order chi connectivity index (χ1) is 15.1. The molecule has 0 aromatic heterocycles. The molecule has 1 aliphatic rings. The smallest absolute Gasteiger partial charge is 0.405 e. The van der Waals surface area contributed by atoms with Gasteiger partial charge in [0.25, 0.3) is 5.91 Å². The molecular weight excluding hydrogens is 410 g/mol. The van der Waals surface area contributed by atoms with Crippen molar-refractivity contribution < 1.29 is 24.2 Å². The van der Waals surface area contributed by atoms with E-state index in [-0.39, 0.29) is 29.8 Å². The third kappa shape index (κ3) is 8.49. The van der Waals surface area contributed by atoms with E-state index in [0.717, 1.165) is 12.8 Å². The van der Waals surface area contributed by atoms with Crippen molar-refractivity contribution in [1.82, 2.24) is 10.6 Å². The lowest BCUT2D eigenvalue weighted by atomic mass is 9.77. The molecule has 178 valence electrons. The topological polar surface area (TPSA) is 131 Å². The summed E-state index contributed by atoms with van der Waals surface area (Å²) in [6, 6.07) is 9.62. The van der Waals surface area contributed by atoms with Gasteiger partial charge in [-0.3, -0.25) is 9.59 Å². The van der Waals surface area contributed by atoms with Crippen LogP contribution in [0.15, 0.2) is 30.3 Å². The highest BCUT2D eigenvalue weighted by Gasteiger charge is 2.32. The van der Waals surface area contributed by atoms with Crippen LogP contribution in [0.1, 0.15) is 52.0 Å². The van der Waals surface area contributed by atoms with Crippen LogP contribution >= 0.6 is 0 Å². The van der Waals surface area contributed by atoms with Crippen molar-refractivity contribution in [3.05, 3.63) is 35.9 Å². The second kappa shape index (κ2) is 11.9. The molecular formula is C24H37N3O5. The van der Waals surface area contributed by atoms with E-state index >= 15 is 0 Å². The van der Waals surface area contributed by atoms with Crippen LogP contribution in [0.3, 0.4) is 0 Å². The first kappa shape index (κ1) is 25.6. The maximum absolute atomic E-state index is 12.8. The Balaban J connectivity index is 1.95. The lowest BCUT2D eigenvalue weighted by Crippen LogP contribution is -2.47. The van der Waals surface area contributed by atoms with Crippen molar-refractivity contribution in [3.63, 3.8) is 0 Å². The summed E-state index contributed by atoms with van der Waals surface area (Å²) in [6.45, 7) is 6.66. The van der Waals surface area contributed by atoms with Crippen LogP contribution in [0.5, 0.6) is 0 Å². The van der Waals surface area contributed by atoms with Gasteiger partial charge >= 0.3 is 6.09 Å². The quantitative estimate of drug-likeness (QED) is 0.390. The van der Waals surface area contributed by atoms with Gasteiger partial charge in [0.2, 0.25) is 5.91 Å². The summed E-state index contributed by atoms with van der Waals surface area (Å²) < 4.78 is 5.12. The van der Waals surface area contributed by atoms with Gasteiger partial charge < -0.3 is 26.2 Å². The number of amides is 3. The molecule has 0 radical (unpaired) electrons. The van der Waals surface area contributed by atoms with Gasteiger partial charge in [0.1, 0.15) is 0 Å². The van der Waals surface area contributed by atoms with E-state index in [4.69, 9.17) is 10.5 Å². The second-order valence-electron chi connectivity index (χ2n) is 9.70. The zero-order chi connectivity index (χ0) is 23.7. The van der Waals surface area contributed by atoms with E-state index in [9.17, 15) is 19.5 Å². The predicted molar refractivity (Wildman–Crippen MR) is 122 cm³/mol. The Morgan fingerprint density at radius 2 is 2.00 bits per heavy atom. The van der Waals surface area contributed by atoms with Gasteiger partial charge in [-0.05, 0) is 49.0 Å². The van der Waals surface area contributed by atoms with Crippen molar-refractivity contribution in [2.24, 2.45) is 23.0 Å². The molecule has 0 bridgehead atoms. The van der Waals surface area contributed by atoms with Crippen molar-refractivity contribution >= 4 is 17.9 Å².